The van der Waals surface area contributed by atoms with Gasteiger partial charge in [0.1, 0.15) is 5.82 Å². The largest absolute Gasteiger partial charge is 0.207 e. The Balaban J connectivity index is 0.000000845. The van der Waals surface area contributed by atoms with Gasteiger partial charge in [0.05, 0.1) is 0 Å². The average molecular weight is 201 g/mol. The summed E-state index contributed by atoms with van der Waals surface area (Å²) >= 11 is 0. The van der Waals surface area contributed by atoms with Crippen molar-refractivity contribution in [3.8, 4) is 0 Å². The lowest BCUT2D eigenvalue weighted by molar-refractivity contribution is 0.542. The van der Waals surface area contributed by atoms with Gasteiger partial charge in [0.2, 0.25) is 0 Å². The summed E-state index contributed by atoms with van der Waals surface area (Å²) in [7, 11) is 0. The SMILES string of the molecule is CCC1Cc2ccc(F)cc2C1.Cl. The number of halogens is 2. The number of benzene rings is 1. The molecule has 13 heavy (non-hydrogen) atoms. The van der Waals surface area contributed by atoms with Crippen molar-refractivity contribution in [2.45, 2.75) is 26.2 Å². The van der Waals surface area contributed by atoms with Crippen LogP contribution in [0.15, 0.2) is 18.2 Å². The van der Waals surface area contributed by atoms with Gasteiger partial charge in [-0.05, 0) is 42.0 Å². The molecule has 0 fully saturated rings. The van der Waals surface area contributed by atoms with Crippen LogP contribution in [0, 0.1) is 11.7 Å². The predicted molar refractivity (Wildman–Crippen MR) is 54.8 cm³/mol. The van der Waals surface area contributed by atoms with Crippen LogP contribution in [0.5, 0.6) is 0 Å². The van der Waals surface area contributed by atoms with Gasteiger partial charge in [0.15, 0.2) is 0 Å². The van der Waals surface area contributed by atoms with Crippen LogP contribution in [0.25, 0.3) is 0 Å². The number of hydrogen-bond donors (Lipinski definition) is 0. The van der Waals surface area contributed by atoms with Crippen LogP contribution in [0.4, 0.5) is 4.39 Å². The summed E-state index contributed by atoms with van der Waals surface area (Å²) in [4.78, 5) is 0. The van der Waals surface area contributed by atoms with Gasteiger partial charge in [-0.2, -0.15) is 0 Å². The van der Waals surface area contributed by atoms with Crippen molar-refractivity contribution in [2.24, 2.45) is 5.92 Å². The first-order chi connectivity index (χ1) is 5.79. The highest BCUT2D eigenvalue weighted by molar-refractivity contribution is 5.85. The second kappa shape index (κ2) is 4.10. The third-order valence-electron chi connectivity index (χ3n) is 2.76. The summed E-state index contributed by atoms with van der Waals surface area (Å²) < 4.78 is 12.8. The molecular formula is C11H14ClF. The monoisotopic (exact) mass is 200 g/mol. The maximum absolute atomic E-state index is 12.8. The molecule has 0 amide bonds. The van der Waals surface area contributed by atoms with E-state index in [0.717, 1.165) is 18.8 Å². The zero-order valence-electron chi connectivity index (χ0n) is 7.72. The summed E-state index contributed by atoms with van der Waals surface area (Å²) in [5, 5.41) is 0. The molecular weight excluding hydrogens is 187 g/mol. The molecule has 0 N–H and O–H groups in total. The van der Waals surface area contributed by atoms with Gasteiger partial charge < -0.3 is 0 Å². The fourth-order valence-electron chi connectivity index (χ4n) is 1.97. The molecule has 0 saturated carbocycles. The minimum atomic E-state index is -0.0921. The van der Waals surface area contributed by atoms with Crippen LogP contribution in [-0.2, 0) is 12.8 Å². The molecule has 2 heteroatoms. The van der Waals surface area contributed by atoms with Crippen molar-refractivity contribution in [3.05, 3.63) is 35.1 Å². The minimum Gasteiger partial charge on any atom is -0.207 e. The van der Waals surface area contributed by atoms with E-state index in [2.05, 4.69) is 6.92 Å². The highest BCUT2D eigenvalue weighted by Crippen LogP contribution is 2.28. The van der Waals surface area contributed by atoms with Crippen LogP contribution >= 0.6 is 12.4 Å². The Morgan fingerprint density at radius 2 is 2.00 bits per heavy atom. The van der Waals surface area contributed by atoms with Crippen molar-refractivity contribution < 1.29 is 4.39 Å². The normalized spacial score (nSPS) is 19.4. The molecule has 0 radical (unpaired) electrons. The zero-order chi connectivity index (χ0) is 8.55. The van der Waals surface area contributed by atoms with Crippen LogP contribution in [-0.4, -0.2) is 0 Å². The standard InChI is InChI=1S/C11H13F.ClH/c1-2-8-5-9-3-4-11(12)7-10(9)6-8;/h3-4,7-8H,2,5-6H2,1H3;1H. The van der Waals surface area contributed by atoms with Gasteiger partial charge in [-0.15, -0.1) is 12.4 Å². The van der Waals surface area contributed by atoms with Crippen LogP contribution in [0.2, 0.25) is 0 Å². The maximum Gasteiger partial charge on any atom is 0.123 e. The molecule has 0 nitrogen and oxygen atoms in total. The molecule has 0 heterocycles. The van der Waals surface area contributed by atoms with Crippen LogP contribution in [0.1, 0.15) is 24.5 Å². The third-order valence-corrected chi connectivity index (χ3v) is 2.76. The van der Waals surface area contributed by atoms with Gasteiger partial charge >= 0.3 is 0 Å². The lowest BCUT2D eigenvalue weighted by atomic mass is 10.0. The molecule has 1 unspecified atom stereocenters. The molecule has 0 aromatic heterocycles. The third kappa shape index (κ3) is 2.02. The molecule has 2 rings (SSSR count). The van der Waals surface area contributed by atoms with E-state index in [-0.39, 0.29) is 18.2 Å². The van der Waals surface area contributed by atoms with Crippen LogP contribution in [0.3, 0.4) is 0 Å². The summed E-state index contributed by atoms with van der Waals surface area (Å²) in [6.45, 7) is 2.20. The van der Waals surface area contributed by atoms with Gasteiger partial charge in [-0.1, -0.05) is 19.4 Å². The van der Waals surface area contributed by atoms with Crippen molar-refractivity contribution >= 4 is 12.4 Å². The van der Waals surface area contributed by atoms with E-state index >= 15 is 0 Å². The Labute approximate surface area is 84.6 Å². The first-order valence-corrected chi connectivity index (χ1v) is 4.57. The highest BCUT2D eigenvalue weighted by Gasteiger charge is 2.19. The summed E-state index contributed by atoms with van der Waals surface area (Å²) in [6.07, 6.45) is 3.42. The van der Waals surface area contributed by atoms with Crippen molar-refractivity contribution in [3.63, 3.8) is 0 Å². The topological polar surface area (TPSA) is 0 Å². The molecule has 72 valence electrons. The zero-order valence-corrected chi connectivity index (χ0v) is 8.53. The van der Waals surface area contributed by atoms with Crippen LogP contribution < -0.4 is 0 Å². The average Bonchev–Trinajstić information content (AvgIpc) is 2.46. The van der Waals surface area contributed by atoms with E-state index in [1.807, 2.05) is 6.07 Å². The van der Waals surface area contributed by atoms with Crippen molar-refractivity contribution in [1.82, 2.24) is 0 Å². The molecule has 1 aromatic carbocycles. The molecule has 0 spiro atoms. The highest BCUT2D eigenvalue weighted by atomic mass is 35.5. The quantitative estimate of drug-likeness (QED) is 0.652. The molecule has 1 aliphatic carbocycles. The number of fused-ring (bicyclic) bond motifs is 1. The number of rotatable bonds is 1. The van der Waals surface area contributed by atoms with E-state index in [0.29, 0.717) is 0 Å². The molecule has 0 aliphatic heterocycles. The summed E-state index contributed by atoms with van der Waals surface area (Å²) in [6, 6.07) is 5.18. The Kier molecular flexibility index (Phi) is 3.32. The van der Waals surface area contributed by atoms with E-state index in [1.165, 1.54) is 17.5 Å². The second-order valence-corrected chi connectivity index (χ2v) is 3.60. The molecule has 0 saturated heterocycles. The van der Waals surface area contributed by atoms with E-state index in [4.69, 9.17) is 0 Å². The molecule has 1 atom stereocenters. The Hall–Kier alpha value is -0.560. The lowest BCUT2D eigenvalue weighted by Gasteiger charge is -2.01. The molecule has 1 aromatic rings. The van der Waals surface area contributed by atoms with Crippen molar-refractivity contribution in [2.75, 3.05) is 0 Å². The maximum atomic E-state index is 12.8. The van der Waals surface area contributed by atoms with Gasteiger partial charge in [0.25, 0.3) is 0 Å². The predicted octanol–water partition coefficient (Wildman–Crippen LogP) is 3.37. The van der Waals surface area contributed by atoms with Crippen molar-refractivity contribution in [1.29, 1.82) is 0 Å². The first kappa shape index (κ1) is 10.5. The van der Waals surface area contributed by atoms with Gasteiger partial charge in [-0.25, -0.2) is 4.39 Å². The fraction of sp³-hybridized carbons (Fsp3) is 0.455. The summed E-state index contributed by atoms with van der Waals surface area (Å²) in [5.41, 5.74) is 2.57. The lowest BCUT2D eigenvalue weighted by Crippen LogP contribution is -1.95. The Bertz CT molecular complexity index is 296. The molecule has 1 aliphatic rings. The van der Waals surface area contributed by atoms with Gasteiger partial charge in [0, 0.05) is 0 Å². The Morgan fingerprint density at radius 1 is 1.31 bits per heavy atom. The molecule has 0 bridgehead atoms. The number of hydrogen-bond acceptors (Lipinski definition) is 0. The smallest absolute Gasteiger partial charge is 0.123 e. The van der Waals surface area contributed by atoms with E-state index in [1.54, 1.807) is 12.1 Å². The van der Waals surface area contributed by atoms with Gasteiger partial charge in [-0.3, -0.25) is 0 Å². The van der Waals surface area contributed by atoms with E-state index < -0.39 is 0 Å². The first-order valence-electron chi connectivity index (χ1n) is 4.57. The minimum absolute atomic E-state index is 0. The Morgan fingerprint density at radius 3 is 2.69 bits per heavy atom. The summed E-state index contributed by atoms with van der Waals surface area (Å²) in [5.74, 6) is 0.660. The van der Waals surface area contributed by atoms with E-state index in [9.17, 15) is 4.39 Å². The second-order valence-electron chi connectivity index (χ2n) is 3.60. The fourth-order valence-corrected chi connectivity index (χ4v) is 1.97.